The number of amides is 2. The molecule has 1 aromatic rings. The number of likely N-dealkylation sites (N-methyl/N-ethyl adjacent to an activating group) is 1. The van der Waals surface area contributed by atoms with E-state index in [0.29, 0.717) is 19.4 Å². The number of carbonyl (C=O) groups is 2. The zero-order valence-corrected chi connectivity index (χ0v) is 14.1. The molecule has 6 heteroatoms. The van der Waals surface area contributed by atoms with Crippen LogP contribution < -0.4 is 5.32 Å². The van der Waals surface area contributed by atoms with Gasteiger partial charge in [-0.05, 0) is 31.2 Å². The quantitative estimate of drug-likeness (QED) is 0.764. The number of aliphatic carboxylic acids is 1. The summed E-state index contributed by atoms with van der Waals surface area (Å²) >= 11 is 0. The van der Waals surface area contributed by atoms with Crippen LogP contribution in [0.3, 0.4) is 0 Å². The van der Waals surface area contributed by atoms with Crippen molar-refractivity contribution in [3.05, 3.63) is 35.9 Å². The van der Waals surface area contributed by atoms with Gasteiger partial charge in [0.05, 0.1) is 6.10 Å². The fourth-order valence-corrected chi connectivity index (χ4v) is 2.88. The third-order valence-corrected chi connectivity index (χ3v) is 4.21. The molecule has 0 saturated carbocycles. The zero-order valence-electron chi connectivity index (χ0n) is 14.1. The first-order valence-electron chi connectivity index (χ1n) is 8.43. The number of rotatable bonds is 8. The zero-order chi connectivity index (χ0) is 17.4. The summed E-state index contributed by atoms with van der Waals surface area (Å²) in [4.78, 5) is 24.9. The van der Waals surface area contributed by atoms with Crippen LogP contribution in [0.5, 0.6) is 0 Å². The summed E-state index contributed by atoms with van der Waals surface area (Å²) in [6, 6.07) is 9.39. The van der Waals surface area contributed by atoms with Gasteiger partial charge in [0.25, 0.3) is 0 Å². The number of benzene rings is 1. The molecule has 1 heterocycles. The molecule has 2 N–H and O–H groups in total. The summed E-state index contributed by atoms with van der Waals surface area (Å²) in [5.41, 5.74) is 1.08. The van der Waals surface area contributed by atoms with Gasteiger partial charge >= 0.3 is 12.0 Å². The first kappa shape index (κ1) is 18.3. The van der Waals surface area contributed by atoms with Crippen molar-refractivity contribution in [1.29, 1.82) is 0 Å². The second-order valence-corrected chi connectivity index (χ2v) is 6.28. The van der Waals surface area contributed by atoms with Crippen LogP contribution in [-0.2, 0) is 16.0 Å². The highest BCUT2D eigenvalue weighted by molar-refractivity contribution is 5.74. The van der Waals surface area contributed by atoms with Crippen molar-refractivity contribution in [2.75, 3.05) is 20.2 Å². The van der Waals surface area contributed by atoms with Crippen molar-refractivity contribution in [1.82, 2.24) is 10.2 Å². The maximum Gasteiger partial charge on any atom is 0.317 e. The van der Waals surface area contributed by atoms with Crippen LogP contribution >= 0.6 is 0 Å². The standard InChI is InChI=1S/C18H26N2O4/c1-20(13-16-8-5-11-24-16)18(23)19-15(9-10-17(21)22)12-14-6-3-2-4-7-14/h2-4,6-7,15-16H,5,8-13H2,1H3,(H,19,23)(H,21,22). The molecular formula is C18H26N2O4. The summed E-state index contributed by atoms with van der Waals surface area (Å²) in [7, 11) is 1.74. The molecule has 1 saturated heterocycles. The van der Waals surface area contributed by atoms with Gasteiger partial charge in [-0.2, -0.15) is 0 Å². The first-order valence-corrected chi connectivity index (χ1v) is 8.43. The Kier molecular flexibility index (Phi) is 7.06. The van der Waals surface area contributed by atoms with E-state index in [0.717, 1.165) is 25.0 Å². The van der Waals surface area contributed by atoms with Crippen LogP contribution in [0.4, 0.5) is 4.79 Å². The molecule has 0 aromatic heterocycles. The first-order chi connectivity index (χ1) is 11.5. The van der Waals surface area contributed by atoms with Crippen LogP contribution in [0.2, 0.25) is 0 Å². The van der Waals surface area contributed by atoms with E-state index in [-0.39, 0.29) is 24.6 Å². The van der Waals surface area contributed by atoms with E-state index < -0.39 is 5.97 Å². The maximum absolute atomic E-state index is 12.4. The molecule has 6 nitrogen and oxygen atoms in total. The highest BCUT2D eigenvalue weighted by Crippen LogP contribution is 2.13. The van der Waals surface area contributed by atoms with Gasteiger partial charge in [0.1, 0.15) is 0 Å². The third kappa shape index (κ3) is 6.20. The highest BCUT2D eigenvalue weighted by Gasteiger charge is 2.22. The van der Waals surface area contributed by atoms with Crippen LogP contribution in [0.1, 0.15) is 31.2 Å². The van der Waals surface area contributed by atoms with Crippen LogP contribution in [0.25, 0.3) is 0 Å². The average Bonchev–Trinajstić information content (AvgIpc) is 3.06. The minimum Gasteiger partial charge on any atom is -0.481 e. The summed E-state index contributed by atoms with van der Waals surface area (Å²) in [5.74, 6) is -0.852. The molecule has 1 aliphatic rings. The smallest absolute Gasteiger partial charge is 0.317 e. The van der Waals surface area contributed by atoms with E-state index in [9.17, 15) is 9.59 Å². The highest BCUT2D eigenvalue weighted by atomic mass is 16.5. The summed E-state index contributed by atoms with van der Waals surface area (Å²) in [6.45, 7) is 1.32. The number of ether oxygens (including phenoxy) is 1. The molecule has 24 heavy (non-hydrogen) atoms. The van der Waals surface area contributed by atoms with Crippen LogP contribution in [0.15, 0.2) is 30.3 Å². The molecule has 2 unspecified atom stereocenters. The predicted octanol–water partition coefficient (Wildman–Crippen LogP) is 2.28. The van der Waals surface area contributed by atoms with Crippen molar-refractivity contribution < 1.29 is 19.4 Å². The molecule has 1 aliphatic heterocycles. The van der Waals surface area contributed by atoms with E-state index in [1.807, 2.05) is 30.3 Å². The average molecular weight is 334 g/mol. The number of nitrogens with zero attached hydrogens (tertiary/aromatic N) is 1. The minimum absolute atomic E-state index is 0.0350. The van der Waals surface area contributed by atoms with Gasteiger partial charge in [-0.3, -0.25) is 4.79 Å². The lowest BCUT2D eigenvalue weighted by atomic mass is 10.0. The second kappa shape index (κ2) is 9.27. The Labute approximate surface area is 142 Å². The van der Waals surface area contributed by atoms with E-state index in [4.69, 9.17) is 9.84 Å². The predicted molar refractivity (Wildman–Crippen MR) is 90.9 cm³/mol. The summed E-state index contributed by atoms with van der Waals surface area (Å²) in [6.07, 6.45) is 3.18. The Hall–Kier alpha value is -2.08. The molecule has 1 fully saturated rings. The van der Waals surface area contributed by atoms with Crippen LogP contribution in [0, 0.1) is 0 Å². The molecule has 2 atom stereocenters. The monoisotopic (exact) mass is 334 g/mol. The Morgan fingerprint density at radius 3 is 2.75 bits per heavy atom. The van der Waals surface area contributed by atoms with Crippen molar-refractivity contribution in [2.45, 2.75) is 44.2 Å². The van der Waals surface area contributed by atoms with E-state index in [1.54, 1.807) is 11.9 Å². The molecule has 1 aromatic carbocycles. The number of hydrogen-bond donors (Lipinski definition) is 2. The molecule has 0 aliphatic carbocycles. The number of carbonyl (C=O) groups excluding carboxylic acids is 1. The molecular weight excluding hydrogens is 308 g/mol. The van der Waals surface area contributed by atoms with Gasteiger partial charge in [0.2, 0.25) is 0 Å². The van der Waals surface area contributed by atoms with Crippen molar-refractivity contribution >= 4 is 12.0 Å². The lowest BCUT2D eigenvalue weighted by Gasteiger charge is -2.25. The summed E-state index contributed by atoms with van der Waals surface area (Å²) in [5, 5.41) is 11.9. The Balaban J connectivity index is 1.89. The molecule has 2 amide bonds. The van der Waals surface area contributed by atoms with Crippen molar-refractivity contribution in [2.24, 2.45) is 0 Å². The molecule has 0 bridgehead atoms. The largest absolute Gasteiger partial charge is 0.481 e. The Morgan fingerprint density at radius 2 is 2.12 bits per heavy atom. The van der Waals surface area contributed by atoms with Crippen molar-refractivity contribution in [3.8, 4) is 0 Å². The van der Waals surface area contributed by atoms with Gasteiger partial charge in [-0.15, -0.1) is 0 Å². The van der Waals surface area contributed by atoms with Crippen molar-refractivity contribution in [3.63, 3.8) is 0 Å². The molecule has 2 rings (SSSR count). The number of nitrogens with one attached hydrogen (secondary N) is 1. The van der Waals surface area contributed by atoms with E-state index in [2.05, 4.69) is 5.32 Å². The van der Waals surface area contributed by atoms with Crippen LogP contribution in [-0.4, -0.2) is 54.4 Å². The Bertz CT molecular complexity index is 529. The fourth-order valence-electron chi connectivity index (χ4n) is 2.88. The van der Waals surface area contributed by atoms with Gasteiger partial charge in [0, 0.05) is 32.7 Å². The number of carboxylic acids is 1. The number of hydrogen-bond acceptors (Lipinski definition) is 3. The lowest BCUT2D eigenvalue weighted by Crippen LogP contribution is -2.46. The SMILES string of the molecule is CN(CC1CCCO1)C(=O)NC(CCC(=O)O)Cc1ccccc1. The normalized spacial score (nSPS) is 18.1. The maximum atomic E-state index is 12.4. The second-order valence-electron chi connectivity index (χ2n) is 6.28. The number of carboxylic acid groups (broad SMARTS) is 1. The number of urea groups is 1. The van der Waals surface area contributed by atoms with E-state index >= 15 is 0 Å². The summed E-state index contributed by atoms with van der Waals surface area (Å²) < 4.78 is 5.55. The van der Waals surface area contributed by atoms with Gasteiger partial charge in [-0.1, -0.05) is 30.3 Å². The topological polar surface area (TPSA) is 78.9 Å². The minimum atomic E-state index is -0.852. The molecule has 132 valence electrons. The van der Waals surface area contributed by atoms with Gasteiger partial charge < -0.3 is 20.1 Å². The lowest BCUT2D eigenvalue weighted by molar-refractivity contribution is -0.137. The fraction of sp³-hybridized carbons (Fsp3) is 0.556. The molecule has 0 spiro atoms. The van der Waals surface area contributed by atoms with E-state index in [1.165, 1.54) is 0 Å². The van der Waals surface area contributed by atoms with Gasteiger partial charge in [0.15, 0.2) is 0 Å². The Morgan fingerprint density at radius 1 is 1.38 bits per heavy atom. The van der Waals surface area contributed by atoms with Gasteiger partial charge in [-0.25, -0.2) is 4.79 Å². The molecule has 0 radical (unpaired) electrons. The third-order valence-electron chi connectivity index (χ3n) is 4.21.